The summed E-state index contributed by atoms with van der Waals surface area (Å²) in [7, 11) is 0. The molecule has 2 N–H and O–H groups in total. The van der Waals surface area contributed by atoms with Crippen molar-refractivity contribution in [2.24, 2.45) is 0 Å². The van der Waals surface area contributed by atoms with E-state index in [0.717, 1.165) is 18.2 Å². The number of halogens is 3. The minimum Gasteiger partial charge on any atom is -0.451 e. The van der Waals surface area contributed by atoms with Gasteiger partial charge in [0.25, 0.3) is 5.91 Å². The Morgan fingerprint density at radius 1 is 1.03 bits per heavy atom. The molecule has 2 aromatic carbocycles. The molecule has 6 nitrogen and oxygen atoms in total. The van der Waals surface area contributed by atoms with Gasteiger partial charge in [0, 0.05) is 12.6 Å². The van der Waals surface area contributed by atoms with Gasteiger partial charge in [-0.3, -0.25) is 9.59 Å². The van der Waals surface area contributed by atoms with Gasteiger partial charge in [0.05, 0.1) is 5.56 Å². The largest absolute Gasteiger partial charge is 0.451 e. The Bertz CT molecular complexity index is 925. The van der Waals surface area contributed by atoms with E-state index in [9.17, 15) is 27.6 Å². The SMILES string of the molecule is CC(=O)N/C(=C/c1ccccc1)C(=O)OCC(=O)Nc1cccc(C(F)(F)F)c1. The topological polar surface area (TPSA) is 84.5 Å². The number of nitrogens with one attached hydrogen (secondary N) is 2. The van der Waals surface area contributed by atoms with Gasteiger partial charge in [-0.25, -0.2) is 4.79 Å². The molecule has 0 fully saturated rings. The van der Waals surface area contributed by atoms with Crippen molar-refractivity contribution in [2.75, 3.05) is 11.9 Å². The molecular formula is C20H17F3N2O4. The van der Waals surface area contributed by atoms with Crippen LogP contribution in [0.5, 0.6) is 0 Å². The lowest BCUT2D eigenvalue weighted by molar-refractivity contribution is -0.144. The standard InChI is InChI=1S/C20H17F3N2O4/c1-13(26)24-17(10-14-6-3-2-4-7-14)19(28)29-12-18(27)25-16-9-5-8-15(11-16)20(21,22)23/h2-11H,12H2,1H3,(H,24,26)(H,25,27)/b17-10+. The highest BCUT2D eigenvalue weighted by Crippen LogP contribution is 2.30. The number of amides is 2. The molecule has 0 saturated heterocycles. The van der Waals surface area contributed by atoms with Gasteiger partial charge in [-0.15, -0.1) is 0 Å². The second kappa shape index (κ2) is 9.54. The van der Waals surface area contributed by atoms with E-state index < -0.39 is 36.1 Å². The van der Waals surface area contributed by atoms with Crippen LogP contribution in [-0.4, -0.2) is 24.4 Å². The van der Waals surface area contributed by atoms with Crippen molar-refractivity contribution in [2.45, 2.75) is 13.1 Å². The van der Waals surface area contributed by atoms with Gasteiger partial charge in [-0.1, -0.05) is 36.4 Å². The lowest BCUT2D eigenvalue weighted by atomic mass is 10.2. The zero-order valence-corrected chi connectivity index (χ0v) is 15.2. The number of alkyl halides is 3. The molecule has 9 heteroatoms. The number of anilines is 1. The van der Waals surface area contributed by atoms with Gasteiger partial charge in [0.1, 0.15) is 5.70 Å². The Morgan fingerprint density at radius 3 is 2.34 bits per heavy atom. The number of carbonyl (C=O) groups is 3. The van der Waals surface area contributed by atoms with Crippen LogP contribution < -0.4 is 10.6 Å². The Balaban J connectivity index is 2.01. The number of ether oxygens (including phenoxy) is 1. The lowest BCUT2D eigenvalue weighted by Crippen LogP contribution is -2.28. The molecule has 0 heterocycles. The van der Waals surface area contributed by atoms with Crippen LogP contribution in [0.25, 0.3) is 6.08 Å². The molecule has 152 valence electrons. The van der Waals surface area contributed by atoms with Crippen molar-refractivity contribution < 1.29 is 32.3 Å². The Morgan fingerprint density at radius 2 is 1.72 bits per heavy atom. The first kappa shape index (κ1) is 21.7. The summed E-state index contributed by atoms with van der Waals surface area (Å²) in [5, 5.41) is 4.53. The summed E-state index contributed by atoms with van der Waals surface area (Å²) in [5.74, 6) is -2.32. The Labute approximate surface area is 164 Å². The molecule has 0 radical (unpaired) electrons. The fourth-order valence-corrected chi connectivity index (χ4v) is 2.23. The van der Waals surface area contributed by atoms with E-state index in [1.807, 2.05) is 0 Å². The Kier molecular flexibility index (Phi) is 7.13. The van der Waals surface area contributed by atoms with Crippen molar-refractivity contribution in [1.82, 2.24) is 5.32 Å². The van der Waals surface area contributed by atoms with Gasteiger partial charge in [-0.05, 0) is 29.8 Å². The first-order chi connectivity index (χ1) is 13.6. The maximum absolute atomic E-state index is 12.7. The summed E-state index contributed by atoms with van der Waals surface area (Å²) >= 11 is 0. The molecule has 0 atom stereocenters. The highest BCUT2D eigenvalue weighted by molar-refractivity contribution is 5.99. The van der Waals surface area contributed by atoms with E-state index >= 15 is 0 Å². The predicted octanol–water partition coefficient (Wildman–Crippen LogP) is 3.36. The van der Waals surface area contributed by atoms with Crippen LogP contribution in [0.4, 0.5) is 18.9 Å². The van der Waals surface area contributed by atoms with Crippen LogP contribution in [0.3, 0.4) is 0 Å². The highest BCUT2D eigenvalue weighted by atomic mass is 19.4. The van der Waals surface area contributed by atoms with Gasteiger partial charge in [-0.2, -0.15) is 13.2 Å². The van der Waals surface area contributed by atoms with E-state index in [1.54, 1.807) is 30.3 Å². The minimum atomic E-state index is -4.55. The van der Waals surface area contributed by atoms with E-state index in [1.165, 1.54) is 19.1 Å². The highest BCUT2D eigenvalue weighted by Gasteiger charge is 2.30. The molecule has 0 saturated carbocycles. The van der Waals surface area contributed by atoms with Crippen molar-refractivity contribution >= 4 is 29.5 Å². The van der Waals surface area contributed by atoms with Crippen LogP contribution >= 0.6 is 0 Å². The first-order valence-electron chi connectivity index (χ1n) is 8.34. The predicted molar refractivity (Wildman–Crippen MR) is 99.3 cm³/mol. The lowest BCUT2D eigenvalue weighted by Gasteiger charge is -2.11. The molecule has 2 rings (SSSR count). The van der Waals surface area contributed by atoms with Crippen molar-refractivity contribution in [3.63, 3.8) is 0 Å². The smallest absolute Gasteiger partial charge is 0.416 e. The third-order valence-corrected chi connectivity index (χ3v) is 3.45. The summed E-state index contributed by atoms with van der Waals surface area (Å²) in [6.45, 7) is 0.452. The quantitative estimate of drug-likeness (QED) is 0.569. The molecule has 0 aromatic heterocycles. The fourth-order valence-electron chi connectivity index (χ4n) is 2.23. The summed E-state index contributed by atoms with van der Waals surface area (Å²) in [6.07, 6.45) is -3.18. The van der Waals surface area contributed by atoms with Gasteiger partial charge < -0.3 is 15.4 Å². The molecule has 0 aliphatic rings. The first-order valence-corrected chi connectivity index (χ1v) is 8.34. The number of carbonyl (C=O) groups excluding carboxylic acids is 3. The fraction of sp³-hybridized carbons (Fsp3) is 0.150. The average molecular weight is 406 g/mol. The summed E-state index contributed by atoms with van der Waals surface area (Å²) in [5.41, 5.74) is -0.592. The summed E-state index contributed by atoms with van der Waals surface area (Å²) in [4.78, 5) is 35.4. The maximum Gasteiger partial charge on any atom is 0.416 e. The Hall–Kier alpha value is -3.62. The van der Waals surface area contributed by atoms with Crippen molar-refractivity contribution in [3.8, 4) is 0 Å². The molecule has 0 aliphatic heterocycles. The number of hydrogen-bond donors (Lipinski definition) is 2. The van der Waals surface area contributed by atoms with Crippen LogP contribution in [0.1, 0.15) is 18.1 Å². The second-order valence-corrected chi connectivity index (χ2v) is 5.85. The molecular weight excluding hydrogens is 389 g/mol. The van der Waals surface area contributed by atoms with Crippen LogP contribution in [0.2, 0.25) is 0 Å². The monoisotopic (exact) mass is 406 g/mol. The zero-order valence-electron chi connectivity index (χ0n) is 15.2. The number of esters is 1. The third-order valence-electron chi connectivity index (χ3n) is 3.45. The molecule has 29 heavy (non-hydrogen) atoms. The summed E-state index contributed by atoms with van der Waals surface area (Å²) in [6, 6.07) is 12.6. The van der Waals surface area contributed by atoms with Crippen LogP contribution in [-0.2, 0) is 25.3 Å². The van der Waals surface area contributed by atoms with Gasteiger partial charge in [0.2, 0.25) is 5.91 Å². The molecule has 0 aliphatic carbocycles. The van der Waals surface area contributed by atoms with Gasteiger partial charge >= 0.3 is 12.1 Å². The van der Waals surface area contributed by atoms with E-state index in [-0.39, 0.29) is 11.4 Å². The molecule has 2 amide bonds. The minimum absolute atomic E-state index is 0.0946. The number of benzene rings is 2. The van der Waals surface area contributed by atoms with E-state index in [0.29, 0.717) is 5.56 Å². The maximum atomic E-state index is 12.7. The molecule has 0 unspecified atom stereocenters. The molecule has 2 aromatic rings. The zero-order chi connectivity index (χ0) is 21.4. The van der Waals surface area contributed by atoms with Crippen molar-refractivity contribution in [3.05, 3.63) is 71.4 Å². The van der Waals surface area contributed by atoms with E-state index in [2.05, 4.69) is 10.6 Å². The van der Waals surface area contributed by atoms with Crippen molar-refractivity contribution in [1.29, 1.82) is 0 Å². The van der Waals surface area contributed by atoms with E-state index in [4.69, 9.17) is 4.74 Å². The number of rotatable bonds is 6. The molecule has 0 spiro atoms. The summed E-state index contributed by atoms with van der Waals surface area (Å²) < 4.78 is 43.0. The normalized spacial score (nSPS) is 11.5. The average Bonchev–Trinajstić information content (AvgIpc) is 2.65. The van der Waals surface area contributed by atoms with Crippen LogP contribution in [0.15, 0.2) is 60.3 Å². The van der Waals surface area contributed by atoms with Gasteiger partial charge in [0.15, 0.2) is 6.61 Å². The molecule has 0 bridgehead atoms. The second-order valence-electron chi connectivity index (χ2n) is 5.85. The van der Waals surface area contributed by atoms with Crippen LogP contribution in [0, 0.1) is 0 Å². The third kappa shape index (κ3) is 7.13. The number of hydrogen-bond acceptors (Lipinski definition) is 4.